The predicted octanol–water partition coefficient (Wildman–Crippen LogP) is 4.09. The molecule has 2 fully saturated rings. The van der Waals surface area contributed by atoms with Crippen molar-refractivity contribution < 1.29 is 27.4 Å². The monoisotopic (exact) mass is 462 g/mol. The van der Waals surface area contributed by atoms with Crippen molar-refractivity contribution >= 4 is 5.91 Å². The summed E-state index contributed by atoms with van der Waals surface area (Å²) in [6.07, 6.45) is -3.65. The molecule has 2 heterocycles. The van der Waals surface area contributed by atoms with E-state index in [2.05, 4.69) is 33.9 Å². The third-order valence-electron chi connectivity index (χ3n) is 6.65. The van der Waals surface area contributed by atoms with Gasteiger partial charge in [0.15, 0.2) is 0 Å². The summed E-state index contributed by atoms with van der Waals surface area (Å²) in [7, 11) is 1.63. The van der Waals surface area contributed by atoms with Crippen molar-refractivity contribution in [2.75, 3.05) is 40.0 Å². The van der Waals surface area contributed by atoms with Crippen LogP contribution in [-0.4, -0.2) is 67.9 Å². The van der Waals surface area contributed by atoms with E-state index in [4.69, 9.17) is 4.74 Å². The van der Waals surface area contributed by atoms with E-state index in [1.165, 1.54) is 11.1 Å². The number of ether oxygens (including phenoxy) is 2. The fourth-order valence-corrected chi connectivity index (χ4v) is 5.12. The van der Waals surface area contributed by atoms with Crippen molar-refractivity contribution in [3.8, 4) is 5.75 Å². The molecule has 3 atom stereocenters. The number of fused-ring (bicyclic) bond motifs is 1. The molecular weight excluding hydrogens is 433 g/mol. The van der Waals surface area contributed by atoms with Crippen LogP contribution in [0.1, 0.15) is 23.5 Å². The van der Waals surface area contributed by atoms with Crippen LogP contribution in [0.2, 0.25) is 0 Å². The summed E-state index contributed by atoms with van der Waals surface area (Å²) < 4.78 is 47.0. The van der Waals surface area contributed by atoms with E-state index in [9.17, 15) is 18.0 Å². The molecule has 2 aliphatic rings. The number of benzene rings is 2. The largest absolute Gasteiger partial charge is 0.497 e. The molecule has 2 aliphatic heterocycles. The highest BCUT2D eigenvalue weighted by molar-refractivity contribution is 5.77. The molecule has 5 nitrogen and oxygen atoms in total. The molecule has 0 bridgehead atoms. The van der Waals surface area contributed by atoms with Crippen molar-refractivity contribution in [2.45, 2.75) is 31.1 Å². The highest BCUT2D eigenvalue weighted by Gasteiger charge is 2.45. The van der Waals surface area contributed by atoms with Crippen molar-refractivity contribution in [1.29, 1.82) is 0 Å². The van der Waals surface area contributed by atoms with Gasteiger partial charge in [-0.15, -0.1) is 0 Å². The average Bonchev–Trinajstić information content (AvgIpc) is 3.16. The molecule has 0 aliphatic carbocycles. The quantitative estimate of drug-likeness (QED) is 0.622. The molecule has 33 heavy (non-hydrogen) atoms. The Hall–Kier alpha value is -2.58. The lowest BCUT2D eigenvalue weighted by Crippen LogP contribution is -2.49. The van der Waals surface area contributed by atoms with E-state index >= 15 is 0 Å². The topological polar surface area (TPSA) is 42.0 Å². The van der Waals surface area contributed by atoms with Gasteiger partial charge in [-0.25, -0.2) is 0 Å². The van der Waals surface area contributed by atoms with Crippen LogP contribution in [0.5, 0.6) is 5.75 Å². The molecule has 4 rings (SSSR count). The zero-order valence-corrected chi connectivity index (χ0v) is 18.6. The molecule has 8 heteroatoms. The number of alkyl halides is 3. The first-order valence-corrected chi connectivity index (χ1v) is 11.2. The minimum Gasteiger partial charge on any atom is -0.497 e. The minimum absolute atomic E-state index is 0.197. The number of halogens is 3. The van der Waals surface area contributed by atoms with Crippen LogP contribution >= 0.6 is 0 Å². The number of piperidine rings is 1. The average molecular weight is 463 g/mol. The normalized spacial score (nSPS) is 23.4. The second-order valence-corrected chi connectivity index (χ2v) is 8.76. The zero-order chi connectivity index (χ0) is 23.4. The van der Waals surface area contributed by atoms with Gasteiger partial charge in [-0.05, 0) is 29.7 Å². The fourth-order valence-electron chi connectivity index (χ4n) is 5.12. The molecule has 0 unspecified atom stereocenters. The van der Waals surface area contributed by atoms with Gasteiger partial charge in [0, 0.05) is 44.1 Å². The number of rotatable bonds is 7. The van der Waals surface area contributed by atoms with E-state index in [-0.39, 0.29) is 17.7 Å². The third-order valence-corrected chi connectivity index (χ3v) is 6.65. The summed E-state index contributed by atoms with van der Waals surface area (Å²) in [5.74, 6) is 0.822. The van der Waals surface area contributed by atoms with Gasteiger partial charge in [0.25, 0.3) is 0 Å². The molecular formula is C25H29F3N2O3. The van der Waals surface area contributed by atoms with Gasteiger partial charge in [-0.2, -0.15) is 13.2 Å². The van der Waals surface area contributed by atoms with E-state index in [0.29, 0.717) is 19.1 Å². The van der Waals surface area contributed by atoms with Crippen LogP contribution in [-0.2, 0) is 16.1 Å². The molecule has 0 N–H and O–H groups in total. The number of methoxy groups -OCH3 is 1. The molecule has 0 radical (unpaired) electrons. The van der Waals surface area contributed by atoms with Gasteiger partial charge < -0.3 is 14.4 Å². The van der Waals surface area contributed by atoms with Crippen LogP contribution in [0.15, 0.2) is 54.6 Å². The first-order chi connectivity index (χ1) is 15.8. The summed E-state index contributed by atoms with van der Waals surface area (Å²) in [6, 6.07) is 18.6. The Labute approximate surface area is 192 Å². The Morgan fingerprint density at radius 2 is 1.79 bits per heavy atom. The zero-order valence-electron chi connectivity index (χ0n) is 18.6. The van der Waals surface area contributed by atoms with Gasteiger partial charge >= 0.3 is 6.18 Å². The van der Waals surface area contributed by atoms with E-state index in [1.807, 2.05) is 30.3 Å². The SMILES string of the molecule is COc1ccc([C@H]2CN(Cc3ccccc3)[C@@H]3CCN(C(=O)COCC(F)(F)F)C[C@H]23)cc1. The Morgan fingerprint density at radius 1 is 1.06 bits per heavy atom. The number of amides is 1. The second-order valence-electron chi connectivity index (χ2n) is 8.76. The van der Waals surface area contributed by atoms with E-state index < -0.39 is 19.4 Å². The number of carbonyl (C=O) groups is 1. The number of likely N-dealkylation sites (tertiary alicyclic amines) is 2. The lowest BCUT2D eigenvalue weighted by atomic mass is 9.81. The summed E-state index contributed by atoms with van der Waals surface area (Å²) >= 11 is 0. The predicted molar refractivity (Wildman–Crippen MR) is 118 cm³/mol. The Bertz CT molecular complexity index is 921. The van der Waals surface area contributed by atoms with Crippen molar-refractivity contribution in [2.24, 2.45) is 5.92 Å². The highest BCUT2D eigenvalue weighted by atomic mass is 19.4. The van der Waals surface area contributed by atoms with Crippen LogP contribution < -0.4 is 4.74 Å². The van der Waals surface area contributed by atoms with Crippen molar-refractivity contribution in [3.05, 3.63) is 65.7 Å². The smallest absolute Gasteiger partial charge is 0.411 e. The molecule has 2 saturated heterocycles. The molecule has 0 aromatic heterocycles. The molecule has 0 spiro atoms. The second kappa shape index (κ2) is 10.1. The van der Waals surface area contributed by atoms with Gasteiger partial charge in [0.2, 0.25) is 5.91 Å². The maximum Gasteiger partial charge on any atom is 0.411 e. The van der Waals surface area contributed by atoms with E-state index in [0.717, 1.165) is 25.3 Å². The lowest BCUT2D eigenvalue weighted by molar-refractivity contribution is -0.178. The first-order valence-electron chi connectivity index (χ1n) is 11.2. The van der Waals surface area contributed by atoms with E-state index in [1.54, 1.807) is 12.0 Å². The van der Waals surface area contributed by atoms with Crippen LogP contribution in [0, 0.1) is 5.92 Å². The maximum absolute atomic E-state index is 12.6. The van der Waals surface area contributed by atoms with Gasteiger partial charge in [0.1, 0.15) is 19.0 Å². The fraction of sp³-hybridized carbons (Fsp3) is 0.480. The van der Waals surface area contributed by atoms with Crippen LogP contribution in [0.25, 0.3) is 0 Å². The highest BCUT2D eigenvalue weighted by Crippen LogP contribution is 2.42. The molecule has 2 aromatic carbocycles. The summed E-state index contributed by atoms with van der Waals surface area (Å²) in [5.41, 5.74) is 2.43. The standard InChI is InChI=1S/C25H29F3N2O3/c1-32-20-9-7-19(8-10-20)21-14-30(13-18-5-3-2-4-6-18)23-11-12-29(15-22(21)23)24(31)16-33-17-25(26,27)28/h2-10,21-23H,11-17H2,1H3/t21-,22-,23-/m1/s1. The van der Waals surface area contributed by atoms with Gasteiger partial charge in [-0.3, -0.25) is 9.69 Å². The summed E-state index contributed by atoms with van der Waals surface area (Å²) in [5, 5.41) is 0. The van der Waals surface area contributed by atoms with Gasteiger partial charge in [0.05, 0.1) is 7.11 Å². The summed E-state index contributed by atoms with van der Waals surface area (Å²) in [6.45, 7) is 0.785. The summed E-state index contributed by atoms with van der Waals surface area (Å²) in [4.78, 5) is 16.7. The number of hydrogen-bond donors (Lipinski definition) is 0. The molecule has 2 aromatic rings. The Morgan fingerprint density at radius 3 is 2.45 bits per heavy atom. The maximum atomic E-state index is 12.6. The van der Waals surface area contributed by atoms with Crippen molar-refractivity contribution in [1.82, 2.24) is 9.80 Å². The van der Waals surface area contributed by atoms with Crippen LogP contribution in [0.3, 0.4) is 0 Å². The minimum atomic E-state index is -4.43. The Balaban J connectivity index is 1.49. The first kappa shape index (κ1) is 23.6. The Kier molecular flexibility index (Phi) is 7.24. The van der Waals surface area contributed by atoms with Crippen LogP contribution in [0.4, 0.5) is 13.2 Å². The number of carbonyl (C=O) groups excluding carboxylic acids is 1. The lowest BCUT2D eigenvalue weighted by Gasteiger charge is -2.39. The molecule has 178 valence electrons. The number of hydrogen-bond acceptors (Lipinski definition) is 4. The number of nitrogens with zero attached hydrogens (tertiary/aromatic N) is 2. The molecule has 0 saturated carbocycles. The third kappa shape index (κ3) is 5.86. The van der Waals surface area contributed by atoms with Crippen molar-refractivity contribution in [3.63, 3.8) is 0 Å². The molecule has 1 amide bonds. The van der Waals surface area contributed by atoms with Gasteiger partial charge in [-0.1, -0.05) is 42.5 Å².